The summed E-state index contributed by atoms with van der Waals surface area (Å²) in [5.41, 5.74) is -0.581. The van der Waals surface area contributed by atoms with Crippen LogP contribution in [-0.2, 0) is 6.54 Å². The van der Waals surface area contributed by atoms with E-state index >= 15 is 0 Å². The zero-order valence-corrected chi connectivity index (χ0v) is 11.5. The van der Waals surface area contributed by atoms with Crippen molar-refractivity contribution >= 4 is 23.3 Å². The van der Waals surface area contributed by atoms with Gasteiger partial charge in [0.05, 0.1) is 12.1 Å². The summed E-state index contributed by atoms with van der Waals surface area (Å²) in [5.74, 6) is -0.316. The van der Waals surface area contributed by atoms with E-state index in [1.54, 1.807) is 0 Å². The molecule has 114 valence electrons. The predicted molar refractivity (Wildman–Crippen MR) is 78.2 cm³/mol. The molecule has 0 fully saturated rings. The number of phenolic OH excluding ortho intramolecular Hbond substituents is 1. The summed E-state index contributed by atoms with van der Waals surface area (Å²) >= 11 is 0. The molecule has 0 aliphatic carbocycles. The fraction of sp³-hybridized carbons (Fsp3) is 0.133. The van der Waals surface area contributed by atoms with Crippen molar-refractivity contribution in [2.24, 2.45) is 0 Å². The van der Waals surface area contributed by atoms with E-state index in [0.717, 1.165) is 11.0 Å². The second kappa shape index (κ2) is 6.13. The third-order valence-electron chi connectivity index (χ3n) is 3.11. The molecule has 0 atom stereocenters. The summed E-state index contributed by atoms with van der Waals surface area (Å²) in [4.78, 5) is 34.9. The lowest BCUT2D eigenvalue weighted by molar-refractivity contribution is 0.112. The lowest BCUT2D eigenvalue weighted by Gasteiger charge is -2.18. The minimum absolute atomic E-state index is 0.0681. The Morgan fingerprint density at radius 3 is 2.73 bits per heavy atom. The minimum atomic E-state index is -1.17. The molecule has 0 aliphatic rings. The molecule has 1 amide bonds. The van der Waals surface area contributed by atoms with Gasteiger partial charge in [0.1, 0.15) is 5.75 Å². The van der Waals surface area contributed by atoms with Gasteiger partial charge < -0.3 is 19.5 Å². The number of nitrogens with zero attached hydrogens (tertiary/aromatic N) is 1. The van der Waals surface area contributed by atoms with Crippen molar-refractivity contribution < 1.29 is 24.2 Å². The highest BCUT2D eigenvalue weighted by Gasteiger charge is 2.17. The van der Waals surface area contributed by atoms with Crippen LogP contribution >= 0.6 is 0 Å². The largest absolute Gasteiger partial charge is 0.507 e. The van der Waals surface area contributed by atoms with Crippen LogP contribution in [0, 0.1) is 0 Å². The summed E-state index contributed by atoms with van der Waals surface area (Å²) in [6, 6.07) is 3.91. The molecule has 0 unspecified atom stereocenters. The molecular formula is C15H13NO6. The van der Waals surface area contributed by atoms with Gasteiger partial charge in [-0.15, -0.1) is 6.58 Å². The number of phenols is 1. The number of fused-ring (bicyclic) bond motifs is 1. The van der Waals surface area contributed by atoms with Crippen LogP contribution in [0.2, 0.25) is 0 Å². The molecule has 2 rings (SSSR count). The molecule has 1 aromatic carbocycles. The molecule has 0 saturated heterocycles. The molecule has 0 spiro atoms. The maximum Gasteiger partial charge on any atom is 0.407 e. The summed E-state index contributed by atoms with van der Waals surface area (Å²) in [6.45, 7) is 3.48. The van der Waals surface area contributed by atoms with Gasteiger partial charge >= 0.3 is 11.7 Å². The number of hydrogen-bond acceptors (Lipinski definition) is 5. The monoisotopic (exact) mass is 303 g/mol. The number of aromatic hydroxyl groups is 1. The van der Waals surface area contributed by atoms with E-state index in [9.17, 15) is 19.5 Å². The molecule has 0 aliphatic heterocycles. The molecule has 2 N–H and O–H groups in total. The lowest BCUT2D eigenvalue weighted by atomic mass is 10.1. The van der Waals surface area contributed by atoms with Crippen LogP contribution in [0.25, 0.3) is 11.0 Å². The lowest BCUT2D eigenvalue weighted by Crippen LogP contribution is -2.29. The van der Waals surface area contributed by atoms with E-state index in [2.05, 4.69) is 6.58 Å². The number of hydrogen-bond donors (Lipinski definition) is 2. The second-order valence-electron chi connectivity index (χ2n) is 4.54. The standard InChI is InChI=1S/C15H13NO6/c1-2-5-16(15(20)21)7-9-6-13(19)22-14-10(9)3-4-12(18)11(14)8-17/h2-4,6,8,18H,1,5,7H2,(H,20,21). The van der Waals surface area contributed by atoms with Crippen LogP contribution in [0.4, 0.5) is 4.79 Å². The fourth-order valence-corrected chi connectivity index (χ4v) is 2.12. The summed E-state index contributed by atoms with van der Waals surface area (Å²) < 4.78 is 4.97. The van der Waals surface area contributed by atoms with Crippen molar-refractivity contribution in [1.29, 1.82) is 0 Å². The van der Waals surface area contributed by atoms with Gasteiger partial charge in [0, 0.05) is 18.0 Å². The Morgan fingerprint density at radius 2 is 2.14 bits per heavy atom. The van der Waals surface area contributed by atoms with Crippen molar-refractivity contribution in [2.75, 3.05) is 6.54 Å². The predicted octanol–water partition coefficient (Wildman–Crippen LogP) is 1.98. The number of carboxylic acid groups (broad SMARTS) is 1. The van der Waals surface area contributed by atoms with E-state index in [0.29, 0.717) is 17.2 Å². The highest BCUT2D eigenvalue weighted by Crippen LogP contribution is 2.27. The maximum absolute atomic E-state index is 11.6. The van der Waals surface area contributed by atoms with Crippen molar-refractivity contribution in [3.8, 4) is 5.75 Å². The Hall–Kier alpha value is -3.09. The Bertz CT molecular complexity index is 808. The van der Waals surface area contributed by atoms with Gasteiger partial charge in [-0.25, -0.2) is 9.59 Å². The van der Waals surface area contributed by atoms with Crippen molar-refractivity contribution in [1.82, 2.24) is 4.90 Å². The van der Waals surface area contributed by atoms with Gasteiger partial charge in [0.15, 0.2) is 11.9 Å². The molecule has 1 aromatic heterocycles. The Labute approximate surface area is 124 Å². The third-order valence-corrected chi connectivity index (χ3v) is 3.11. The molecule has 7 nitrogen and oxygen atoms in total. The topological polar surface area (TPSA) is 108 Å². The average Bonchev–Trinajstić information content (AvgIpc) is 2.46. The first-order chi connectivity index (χ1) is 10.5. The zero-order chi connectivity index (χ0) is 16.3. The molecule has 22 heavy (non-hydrogen) atoms. The highest BCUT2D eigenvalue weighted by molar-refractivity contribution is 5.98. The quantitative estimate of drug-likeness (QED) is 0.496. The Morgan fingerprint density at radius 1 is 1.41 bits per heavy atom. The van der Waals surface area contributed by atoms with Crippen molar-refractivity contribution in [3.05, 3.63) is 52.4 Å². The first kappa shape index (κ1) is 15.3. The van der Waals surface area contributed by atoms with Gasteiger partial charge in [0.25, 0.3) is 0 Å². The van der Waals surface area contributed by atoms with Gasteiger partial charge in [-0.3, -0.25) is 4.79 Å². The van der Waals surface area contributed by atoms with E-state index < -0.39 is 11.7 Å². The van der Waals surface area contributed by atoms with Crippen LogP contribution in [0.5, 0.6) is 5.75 Å². The van der Waals surface area contributed by atoms with E-state index in [4.69, 9.17) is 9.52 Å². The number of aldehydes is 1. The number of benzene rings is 1. The van der Waals surface area contributed by atoms with Gasteiger partial charge in [-0.05, 0) is 17.7 Å². The molecule has 0 radical (unpaired) electrons. The highest BCUT2D eigenvalue weighted by atomic mass is 16.4. The molecule has 7 heteroatoms. The SMILES string of the molecule is C=CCN(Cc1cc(=O)oc2c(C=O)c(O)ccc12)C(=O)O. The molecule has 2 aromatic rings. The summed E-state index contributed by atoms with van der Waals surface area (Å²) in [7, 11) is 0. The van der Waals surface area contributed by atoms with Crippen LogP contribution in [0.15, 0.2) is 40.1 Å². The second-order valence-corrected chi connectivity index (χ2v) is 4.54. The van der Waals surface area contributed by atoms with Crippen LogP contribution < -0.4 is 5.63 Å². The van der Waals surface area contributed by atoms with E-state index in [-0.39, 0.29) is 30.0 Å². The van der Waals surface area contributed by atoms with Gasteiger partial charge in [-0.2, -0.15) is 0 Å². The summed E-state index contributed by atoms with van der Waals surface area (Å²) in [5, 5.41) is 19.2. The number of rotatable bonds is 5. The number of carbonyl (C=O) groups excluding carboxylic acids is 1. The van der Waals surface area contributed by atoms with Crippen LogP contribution in [-0.4, -0.2) is 34.0 Å². The third kappa shape index (κ3) is 2.83. The van der Waals surface area contributed by atoms with Gasteiger partial charge in [-0.1, -0.05) is 6.08 Å². The summed E-state index contributed by atoms with van der Waals surface area (Å²) in [6.07, 6.45) is 0.628. The first-order valence-corrected chi connectivity index (χ1v) is 6.30. The van der Waals surface area contributed by atoms with Gasteiger partial charge in [0.2, 0.25) is 0 Å². The van der Waals surface area contributed by atoms with Crippen molar-refractivity contribution in [3.63, 3.8) is 0 Å². The van der Waals surface area contributed by atoms with Crippen LogP contribution in [0.1, 0.15) is 15.9 Å². The van der Waals surface area contributed by atoms with E-state index in [1.165, 1.54) is 18.2 Å². The Kier molecular flexibility index (Phi) is 4.26. The van der Waals surface area contributed by atoms with Crippen molar-refractivity contribution in [2.45, 2.75) is 6.54 Å². The molecule has 0 saturated carbocycles. The van der Waals surface area contributed by atoms with E-state index in [1.807, 2.05) is 0 Å². The normalized spacial score (nSPS) is 10.4. The smallest absolute Gasteiger partial charge is 0.407 e. The fourth-order valence-electron chi connectivity index (χ4n) is 2.12. The number of amides is 1. The average molecular weight is 303 g/mol. The molecular weight excluding hydrogens is 290 g/mol. The van der Waals surface area contributed by atoms with Crippen LogP contribution in [0.3, 0.4) is 0 Å². The zero-order valence-electron chi connectivity index (χ0n) is 11.5. The Balaban J connectivity index is 2.64. The minimum Gasteiger partial charge on any atom is -0.507 e. The maximum atomic E-state index is 11.6. The molecule has 1 heterocycles. The number of carbonyl (C=O) groups is 2. The molecule has 0 bridgehead atoms. The first-order valence-electron chi connectivity index (χ1n) is 6.30.